The van der Waals surface area contributed by atoms with Crippen LogP contribution >= 0.6 is 0 Å². The summed E-state index contributed by atoms with van der Waals surface area (Å²) in [4.78, 5) is 3.77. The third kappa shape index (κ3) is 7.08. The maximum atomic E-state index is 15.8. The Kier molecular flexibility index (Phi) is 9.26. The van der Waals surface area contributed by atoms with Gasteiger partial charge in [0.05, 0.1) is 18.2 Å². The van der Waals surface area contributed by atoms with Gasteiger partial charge in [-0.2, -0.15) is 19.1 Å². The second-order valence-electron chi connectivity index (χ2n) is 9.30. The van der Waals surface area contributed by atoms with Gasteiger partial charge in [-0.15, -0.1) is 0 Å². The first-order valence-electron chi connectivity index (χ1n) is 12.6. The molecule has 1 aromatic heterocycles. The second kappa shape index (κ2) is 13.0. The van der Waals surface area contributed by atoms with Crippen LogP contribution in [-0.4, -0.2) is 28.0 Å². The number of hydrogen-bond donors (Lipinski definition) is 3. The zero-order valence-electron chi connectivity index (χ0n) is 22.4. The van der Waals surface area contributed by atoms with E-state index in [4.69, 9.17) is 21.7 Å². The van der Waals surface area contributed by atoms with Crippen molar-refractivity contribution in [2.24, 2.45) is 16.8 Å². The number of alkyl halides is 2. The summed E-state index contributed by atoms with van der Waals surface area (Å²) >= 11 is 0. The Morgan fingerprint density at radius 1 is 0.953 bits per heavy atom. The van der Waals surface area contributed by atoms with Gasteiger partial charge in [-0.3, -0.25) is 9.99 Å². The first-order valence-corrected chi connectivity index (χ1v) is 12.6. The van der Waals surface area contributed by atoms with Gasteiger partial charge in [0.25, 0.3) is 0 Å². The third-order valence-electron chi connectivity index (χ3n) is 6.30. The summed E-state index contributed by atoms with van der Waals surface area (Å²) in [7, 11) is 0. The van der Waals surface area contributed by atoms with Crippen molar-refractivity contribution in [3.63, 3.8) is 0 Å². The molecule has 5 N–H and O–H groups in total. The predicted molar refractivity (Wildman–Crippen MR) is 150 cm³/mol. The van der Waals surface area contributed by atoms with Crippen LogP contribution in [0.2, 0.25) is 0 Å². The van der Waals surface area contributed by atoms with Crippen molar-refractivity contribution in [1.29, 1.82) is 5.26 Å². The number of aliphatic hydroxyl groups is 1. The van der Waals surface area contributed by atoms with Gasteiger partial charge in [0.1, 0.15) is 36.0 Å². The van der Waals surface area contributed by atoms with E-state index < -0.39 is 41.0 Å². The van der Waals surface area contributed by atoms with Crippen LogP contribution in [0.4, 0.5) is 17.6 Å². The standard InChI is InChI=1S/C31H24F4N6O2/c32-25-10-13-27(28(33)15-25)30(42,19-41(38)20-40-37)31(34,35)29-14-9-23(17-39-29)4-1-21-7-11-26(12-8-21)43-18-24-5-2-22(16-36)3-6-24/h2-3,5-15,17,20,42H,18-19,37-38H2/b40-20-/t30-/m1/s1. The molecule has 0 radical (unpaired) electrons. The molecule has 0 aliphatic heterocycles. The summed E-state index contributed by atoms with van der Waals surface area (Å²) in [5.74, 6) is 10.3. The number of nitrogens with zero attached hydrogens (tertiary/aromatic N) is 4. The Bertz CT molecular complexity index is 1700. The molecular weight excluding hydrogens is 564 g/mol. The first kappa shape index (κ1) is 30.5. The molecule has 0 unspecified atom stereocenters. The highest BCUT2D eigenvalue weighted by Crippen LogP contribution is 2.46. The fourth-order valence-corrected chi connectivity index (χ4v) is 4.06. The number of nitrogens with two attached hydrogens (primary N) is 2. The molecule has 0 saturated carbocycles. The number of benzene rings is 3. The van der Waals surface area contributed by atoms with Crippen LogP contribution in [0, 0.1) is 34.8 Å². The molecule has 0 spiro atoms. The molecule has 0 bridgehead atoms. The molecule has 3 aromatic carbocycles. The molecule has 1 heterocycles. The molecule has 43 heavy (non-hydrogen) atoms. The summed E-state index contributed by atoms with van der Waals surface area (Å²) in [6, 6.07) is 20.0. The molecule has 0 aliphatic carbocycles. The van der Waals surface area contributed by atoms with Gasteiger partial charge in [-0.25, -0.2) is 14.6 Å². The lowest BCUT2D eigenvalue weighted by atomic mass is 9.84. The number of aromatic nitrogens is 1. The highest BCUT2D eigenvalue weighted by Gasteiger charge is 2.58. The Hall–Kier alpha value is -5.43. The fraction of sp³-hybridized carbons (Fsp3) is 0.129. The van der Waals surface area contributed by atoms with E-state index in [2.05, 4.69) is 28.0 Å². The molecule has 1 atom stereocenters. The summed E-state index contributed by atoms with van der Waals surface area (Å²) in [6.07, 6.45) is 1.83. The minimum atomic E-state index is -4.22. The second-order valence-corrected chi connectivity index (χ2v) is 9.30. The monoisotopic (exact) mass is 588 g/mol. The number of nitriles is 1. The van der Waals surface area contributed by atoms with Crippen LogP contribution < -0.4 is 16.4 Å². The molecule has 0 saturated heterocycles. The molecule has 4 rings (SSSR count). The van der Waals surface area contributed by atoms with Crippen LogP contribution in [-0.2, 0) is 18.1 Å². The van der Waals surface area contributed by atoms with Crippen LogP contribution in [0.1, 0.15) is 33.5 Å². The van der Waals surface area contributed by atoms with Crippen LogP contribution in [0.15, 0.2) is 90.2 Å². The molecule has 8 nitrogen and oxygen atoms in total. The number of hydrazone groups is 1. The fourth-order valence-electron chi connectivity index (χ4n) is 4.06. The smallest absolute Gasteiger partial charge is 0.323 e. The van der Waals surface area contributed by atoms with Gasteiger partial charge in [0.15, 0.2) is 5.60 Å². The Morgan fingerprint density at radius 2 is 1.60 bits per heavy atom. The summed E-state index contributed by atoms with van der Waals surface area (Å²) in [5.41, 5.74) is -2.76. The highest BCUT2D eigenvalue weighted by molar-refractivity contribution is 5.54. The quantitative estimate of drug-likeness (QED) is 0.0664. The average molecular weight is 589 g/mol. The van der Waals surface area contributed by atoms with Crippen molar-refractivity contribution in [3.05, 3.63) is 130 Å². The molecule has 12 heteroatoms. The van der Waals surface area contributed by atoms with E-state index in [1.165, 1.54) is 6.07 Å². The zero-order chi connectivity index (χ0) is 31.0. The minimum absolute atomic E-state index is 0.285. The average Bonchev–Trinajstić information content (AvgIpc) is 3.00. The zero-order valence-corrected chi connectivity index (χ0v) is 22.4. The van der Waals surface area contributed by atoms with Crippen molar-refractivity contribution in [2.45, 2.75) is 18.1 Å². The van der Waals surface area contributed by atoms with Crippen molar-refractivity contribution >= 4 is 6.34 Å². The van der Waals surface area contributed by atoms with Crippen molar-refractivity contribution < 1.29 is 27.4 Å². The number of hydrogen-bond acceptors (Lipinski definition) is 7. The molecular formula is C31H24F4N6O2. The van der Waals surface area contributed by atoms with Gasteiger partial charge < -0.3 is 15.7 Å². The first-order chi connectivity index (χ1) is 20.6. The van der Waals surface area contributed by atoms with Crippen LogP contribution in [0.3, 0.4) is 0 Å². The highest BCUT2D eigenvalue weighted by atomic mass is 19.3. The SMILES string of the molecule is N#Cc1ccc(COc2ccc(C#Cc3ccc(C(F)(F)[C@@](O)(CN(N)/C=N\N)c4ccc(F)cc4F)nc3)cc2)cc1. The maximum Gasteiger partial charge on any atom is 0.323 e. The molecule has 0 aliphatic rings. The molecule has 218 valence electrons. The van der Waals surface area contributed by atoms with E-state index in [0.717, 1.165) is 30.2 Å². The Labute approximate surface area is 244 Å². The summed E-state index contributed by atoms with van der Waals surface area (Å²) in [6.45, 7) is -0.758. The molecule has 0 amide bonds. The van der Waals surface area contributed by atoms with Gasteiger partial charge in [0.2, 0.25) is 0 Å². The van der Waals surface area contributed by atoms with E-state index in [-0.39, 0.29) is 5.56 Å². The topological polar surface area (TPSA) is 134 Å². The Balaban J connectivity index is 1.50. The van der Waals surface area contributed by atoms with Crippen LogP contribution in [0.5, 0.6) is 5.75 Å². The van der Waals surface area contributed by atoms with Crippen molar-refractivity contribution in [1.82, 2.24) is 9.99 Å². The van der Waals surface area contributed by atoms with Gasteiger partial charge in [-0.1, -0.05) is 24.0 Å². The lowest BCUT2D eigenvalue weighted by molar-refractivity contribution is -0.203. The molecule has 4 aromatic rings. The predicted octanol–water partition coefficient (Wildman–Crippen LogP) is 4.27. The number of rotatable bonds is 9. The number of pyridine rings is 1. The van der Waals surface area contributed by atoms with E-state index in [1.807, 2.05) is 0 Å². The van der Waals surface area contributed by atoms with E-state index in [1.54, 1.807) is 48.5 Å². The summed E-state index contributed by atoms with van der Waals surface area (Å²) < 4.78 is 65.5. The molecule has 0 fully saturated rings. The number of hydrazine groups is 1. The van der Waals surface area contributed by atoms with Crippen LogP contribution in [0.25, 0.3) is 0 Å². The Morgan fingerprint density at radius 3 is 2.21 bits per heavy atom. The third-order valence-corrected chi connectivity index (χ3v) is 6.30. The van der Waals surface area contributed by atoms with E-state index in [0.29, 0.717) is 40.6 Å². The van der Waals surface area contributed by atoms with Crippen molar-refractivity contribution in [2.75, 3.05) is 6.54 Å². The number of halogens is 4. The minimum Gasteiger partial charge on any atom is -0.489 e. The number of ether oxygens (including phenoxy) is 1. The normalized spacial score (nSPS) is 12.6. The van der Waals surface area contributed by atoms with Gasteiger partial charge in [0, 0.05) is 29.0 Å². The van der Waals surface area contributed by atoms with E-state index >= 15 is 8.78 Å². The lowest BCUT2D eigenvalue weighted by Gasteiger charge is -2.37. The summed E-state index contributed by atoms with van der Waals surface area (Å²) in [5, 5.41) is 23.7. The maximum absolute atomic E-state index is 15.8. The lowest BCUT2D eigenvalue weighted by Crippen LogP contribution is -2.53. The van der Waals surface area contributed by atoms with Gasteiger partial charge >= 0.3 is 5.92 Å². The van der Waals surface area contributed by atoms with Gasteiger partial charge in [-0.05, 0) is 66.2 Å². The van der Waals surface area contributed by atoms with E-state index in [9.17, 15) is 13.9 Å². The largest absolute Gasteiger partial charge is 0.489 e. The van der Waals surface area contributed by atoms with Crippen molar-refractivity contribution in [3.8, 4) is 23.7 Å².